The molecule has 10 heteroatoms. The van der Waals surface area contributed by atoms with Crippen molar-refractivity contribution in [2.24, 2.45) is 4.99 Å². The first-order valence-corrected chi connectivity index (χ1v) is 8.73. The predicted molar refractivity (Wildman–Crippen MR) is 90.5 cm³/mol. The van der Waals surface area contributed by atoms with Crippen molar-refractivity contribution in [2.45, 2.75) is 43.7 Å². The average molecular weight is 393 g/mol. The number of fused-ring (bicyclic) bond motifs is 2. The summed E-state index contributed by atoms with van der Waals surface area (Å²) in [4.78, 5) is 7.78. The molecule has 0 amide bonds. The standard InChI is InChI=1S/C16H20ClF3N4O2/c1-21-15(24-12-7-10-2-3-13(12)26-10)22-4-5-25-14-11(17)6-9(8-23-14)16(18,19)20/h6,8,10,12-13H,2-5,7H2,1H3,(H2,21,22,24). The first kappa shape index (κ1) is 19.0. The van der Waals surface area contributed by atoms with Crippen LogP contribution in [0.15, 0.2) is 17.3 Å². The molecule has 3 unspecified atom stereocenters. The number of guanidine groups is 1. The minimum absolute atomic E-state index is 0.0362. The van der Waals surface area contributed by atoms with Crippen LogP contribution in [0.4, 0.5) is 13.2 Å². The Morgan fingerprint density at radius 3 is 2.85 bits per heavy atom. The number of hydrogen-bond donors (Lipinski definition) is 2. The second-order valence-corrected chi connectivity index (χ2v) is 6.62. The molecule has 2 aliphatic rings. The smallest absolute Gasteiger partial charge is 0.417 e. The summed E-state index contributed by atoms with van der Waals surface area (Å²) in [5, 5.41) is 6.23. The van der Waals surface area contributed by atoms with E-state index in [-0.39, 0.29) is 29.7 Å². The third-order valence-corrected chi connectivity index (χ3v) is 4.69. The first-order valence-electron chi connectivity index (χ1n) is 8.35. The Morgan fingerprint density at radius 2 is 2.27 bits per heavy atom. The molecule has 0 saturated carbocycles. The van der Waals surface area contributed by atoms with Gasteiger partial charge in [-0.3, -0.25) is 4.99 Å². The van der Waals surface area contributed by atoms with Gasteiger partial charge in [0.2, 0.25) is 5.88 Å². The molecule has 144 valence electrons. The normalized spacial score (nSPS) is 25.4. The van der Waals surface area contributed by atoms with E-state index in [9.17, 15) is 13.2 Å². The zero-order chi connectivity index (χ0) is 18.7. The van der Waals surface area contributed by atoms with E-state index >= 15 is 0 Å². The van der Waals surface area contributed by atoms with Crippen LogP contribution in [0.1, 0.15) is 24.8 Å². The van der Waals surface area contributed by atoms with Crippen molar-refractivity contribution in [1.29, 1.82) is 0 Å². The van der Waals surface area contributed by atoms with Gasteiger partial charge < -0.3 is 20.1 Å². The molecule has 2 N–H and O–H groups in total. The molecule has 0 aliphatic carbocycles. The van der Waals surface area contributed by atoms with E-state index in [2.05, 4.69) is 20.6 Å². The minimum Gasteiger partial charge on any atom is -0.475 e. The van der Waals surface area contributed by atoms with Gasteiger partial charge in [0, 0.05) is 13.2 Å². The van der Waals surface area contributed by atoms with E-state index in [0.717, 1.165) is 25.3 Å². The topological polar surface area (TPSA) is 67.8 Å². The van der Waals surface area contributed by atoms with Gasteiger partial charge in [-0.25, -0.2) is 4.98 Å². The highest BCUT2D eigenvalue weighted by atomic mass is 35.5. The van der Waals surface area contributed by atoms with Crippen molar-refractivity contribution < 1.29 is 22.6 Å². The van der Waals surface area contributed by atoms with Crippen LogP contribution < -0.4 is 15.4 Å². The summed E-state index contributed by atoms with van der Waals surface area (Å²) in [5.74, 6) is 0.590. The molecule has 0 spiro atoms. The van der Waals surface area contributed by atoms with Crippen LogP contribution in [-0.4, -0.2) is 49.4 Å². The highest BCUT2D eigenvalue weighted by molar-refractivity contribution is 6.31. The van der Waals surface area contributed by atoms with E-state index in [1.54, 1.807) is 7.05 Å². The lowest BCUT2D eigenvalue weighted by atomic mass is 9.96. The predicted octanol–water partition coefficient (Wildman–Crippen LogP) is 2.62. The van der Waals surface area contributed by atoms with Gasteiger partial charge in [-0.15, -0.1) is 0 Å². The quantitative estimate of drug-likeness (QED) is 0.458. The summed E-state index contributed by atoms with van der Waals surface area (Å²) in [7, 11) is 1.67. The molecule has 1 aromatic heterocycles. The highest BCUT2D eigenvalue weighted by Crippen LogP contribution is 2.34. The SMILES string of the molecule is CN=C(NCCOc1ncc(C(F)(F)F)cc1Cl)NC1CC2CCC1O2. The van der Waals surface area contributed by atoms with Gasteiger partial charge in [-0.2, -0.15) is 13.2 Å². The second kappa shape index (κ2) is 7.87. The van der Waals surface area contributed by atoms with Crippen LogP contribution in [0.3, 0.4) is 0 Å². The van der Waals surface area contributed by atoms with Crippen LogP contribution in [0, 0.1) is 0 Å². The maximum absolute atomic E-state index is 12.6. The van der Waals surface area contributed by atoms with Crippen molar-refractivity contribution in [3.63, 3.8) is 0 Å². The van der Waals surface area contributed by atoms with Gasteiger partial charge in [0.15, 0.2) is 5.96 Å². The molecule has 6 nitrogen and oxygen atoms in total. The fourth-order valence-electron chi connectivity index (χ4n) is 3.16. The van der Waals surface area contributed by atoms with Gasteiger partial charge in [0.1, 0.15) is 11.6 Å². The highest BCUT2D eigenvalue weighted by Gasteiger charge is 2.41. The van der Waals surface area contributed by atoms with Crippen LogP contribution in [0.25, 0.3) is 0 Å². The minimum atomic E-state index is -4.49. The number of aromatic nitrogens is 1. The molecule has 1 aromatic rings. The number of alkyl halides is 3. The summed E-state index contributed by atoms with van der Waals surface area (Å²) < 4.78 is 48.9. The van der Waals surface area contributed by atoms with Crippen molar-refractivity contribution in [3.05, 3.63) is 22.8 Å². The second-order valence-electron chi connectivity index (χ2n) is 6.22. The lowest BCUT2D eigenvalue weighted by molar-refractivity contribution is -0.137. The number of pyridine rings is 1. The third-order valence-electron chi connectivity index (χ3n) is 4.42. The van der Waals surface area contributed by atoms with E-state index in [4.69, 9.17) is 21.1 Å². The fraction of sp³-hybridized carbons (Fsp3) is 0.625. The summed E-state index contributed by atoms with van der Waals surface area (Å²) in [6, 6.07) is 1.04. The molecule has 3 rings (SSSR count). The Balaban J connectivity index is 1.43. The van der Waals surface area contributed by atoms with Crippen LogP contribution in [0.2, 0.25) is 5.02 Å². The van der Waals surface area contributed by atoms with Gasteiger partial charge >= 0.3 is 6.18 Å². The number of rotatable bonds is 5. The Labute approximate surface area is 154 Å². The fourth-order valence-corrected chi connectivity index (χ4v) is 3.38. The van der Waals surface area contributed by atoms with Gasteiger partial charge in [-0.1, -0.05) is 11.6 Å². The Bertz CT molecular complexity index is 671. The third kappa shape index (κ3) is 4.50. The Morgan fingerprint density at radius 1 is 1.46 bits per heavy atom. The summed E-state index contributed by atoms with van der Waals surface area (Å²) in [6.45, 7) is 0.562. The first-order chi connectivity index (χ1) is 12.4. The maximum Gasteiger partial charge on any atom is 0.417 e. The van der Waals surface area contributed by atoms with Crippen molar-refractivity contribution in [3.8, 4) is 5.88 Å². The van der Waals surface area contributed by atoms with E-state index in [1.807, 2.05) is 0 Å². The lowest BCUT2D eigenvalue weighted by Crippen LogP contribution is -2.48. The number of hydrogen-bond acceptors (Lipinski definition) is 4. The van der Waals surface area contributed by atoms with Gasteiger partial charge in [0.25, 0.3) is 0 Å². The zero-order valence-electron chi connectivity index (χ0n) is 14.1. The molecule has 2 bridgehead atoms. The molecule has 26 heavy (non-hydrogen) atoms. The molecule has 2 fully saturated rings. The van der Waals surface area contributed by atoms with Crippen LogP contribution in [0.5, 0.6) is 5.88 Å². The van der Waals surface area contributed by atoms with Crippen LogP contribution in [-0.2, 0) is 10.9 Å². The molecular formula is C16H20ClF3N4O2. The summed E-state index contributed by atoms with van der Waals surface area (Å²) in [6.07, 6.45) is -0.0867. The number of nitrogens with zero attached hydrogens (tertiary/aromatic N) is 2. The van der Waals surface area contributed by atoms with Crippen LogP contribution >= 0.6 is 11.6 Å². The number of aliphatic imine (C=N–C) groups is 1. The van der Waals surface area contributed by atoms with Crippen molar-refractivity contribution in [1.82, 2.24) is 15.6 Å². The number of halogens is 4. The molecule has 0 radical (unpaired) electrons. The van der Waals surface area contributed by atoms with E-state index < -0.39 is 11.7 Å². The van der Waals surface area contributed by atoms with E-state index in [0.29, 0.717) is 24.8 Å². The Kier molecular flexibility index (Phi) is 5.76. The maximum atomic E-state index is 12.6. The molecule has 2 aliphatic heterocycles. The average Bonchev–Trinajstić information content (AvgIpc) is 3.20. The summed E-state index contributed by atoms with van der Waals surface area (Å²) in [5.41, 5.74) is -0.911. The molecule has 3 heterocycles. The Hall–Kier alpha value is -1.74. The molecule has 0 aromatic carbocycles. The molecule has 3 atom stereocenters. The van der Waals surface area contributed by atoms with Gasteiger partial charge in [0.05, 0.1) is 30.4 Å². The number of ether oxygens (including phenoxy) is 2. The zero-order valence-corrected chi connectivity index (χ0v) is 14.9. The number of nitrogens with one attached hydrogen (secondary N) is 2. The summed E-state index contributed by atoms with van der Waals surface area (Å²) >= 11 is 5.80. The van der Waals surface area contributed by atoms with Crippen molar-refractivity contribution >= 4 is 17.6 Å². The lowest BCUT2D eigenvalue weighted by Gasteiger charge is -2.22. The monoisotopic (exact) mass is 392 g/mol. The largest absolute Gasteiger partial charge is 0.475 e. The van der Waals surface area contributed by atoms with Crippen molar-refractivity contribution in [2.75, 3.05) is 20.2 Å². The van der Waals surface area contributed by atoms with E-state index in [1.165, 1.54) is 0 Å². The molecule has 2 saturated heterocycles. The van der Waals surface area contributed by atoms with Gasteiger partial charge in [-0.05, 0) is 25.3 Å². The molecular weight excluding hydrogens is 373 g/mol.